The Kier molecular flexibility index (Phi) is 4.11. The summed E-state index contributed by atoms with van der Waals surface area (Å²) < 4.78 is 0. The first kappa shape index (κ1) is 13.3. The van der Waals surface area contributed by atoms with Crippen LogP contribution in [0.3, 0.4) is 0 Å². The fourth-order valence-electron chi connectivity index (χ4n) is 1.61. The molecule has 2 aromatic heterocycles. The van der Waals surface area contributed by atoms with E-state index in [0.717, 1.165) is 21.3 Å². The molecule has 0 atom stereocenters. The maximum atomic E-state index is 5.91. The Labute approximate surface area is 129 Å². The van der Waals surface area contributed by atoms with Crippen LogP contribution >= 0.6 is 34.3 Å². The number of benzene rings is 1. The molecular formula is C14H10ClN3S2. The molecule has 3 rings (SSSR count). The highest BCUT2D eigenvalue weighted by atomic mass is 35.5. The molecule has 3 nitrogen and oxygen atoms in total. The van der Waals surface area contributed by atoms with Crippen molar-refractivity contribution in [2.75, 3.05) is 5.43 Å². The molecule has 20 heavy (non-hydrogen) atoms. The smallest absolute Gasteiger partial charge is 0.203 e. The van der Waals surface area contributed by atoms with Gasteiger partial charge in [0.2, 0.25) is 5.13 Å². The largest absolute Gasteiger partial charge is 0.253 e. The van der Waals surface area contributed by atoms with E-state index in [0.29, 0.717) is 5.02 Å². The van der Waals surface area contributed by atoms with Crippen LogP contribution in [0.1, 0.15) is 5.56 Å². The molecule has 1 N–H and O–H groups in total. The van der Waals surface area contributed by atoms with E-state index in [1.807, 2.05) is 41.1 Å². The zero-order valence-corrected chi connectivity index (χ0v) is 12.7. The summed E-state index contributed by atoms with van der Waals surface area (Å²) in [6.45, 7) is 0. The molecule has 0 saturated carbocycles. The number of anilines is 1. The van der Waals surface area contributed by atoms with Gasteiger partial charge in [-0.3, -0.25) is 5.43 Å². The van der Waals surface area contributed by atoms with E-state index < -0.39 is 0 Å². The standard InChI is InChI=1S/C14H10ClN3S2/c15-11-4-1-3-10(7-11)8-16-18-14-17-12(9-20-14)13-5-2-6-19-13/h1-9H,(H,17,18)/b16-8-. The highest BCUT2D eigenvalue weighted by Gasteiger charge is 2.04. The minimum Gasteiger partial charge on any atom is -0.253 e. The summed E-state index contributed by atoms with van der Waals surface area (Å²) >= 11 is 9.12. The molecule has 0 amide bonds. The second-order valence-corrected chi connectivity index (χ2v) is 6.18. The normalized spacial score (nSPS) is 11.1. The minimum absolute atomic E-state index is 0.697. The molecule has 3 aromatic rings. The molecule has 0 aliphatic rings. The lowest BCUT2D eigenvalue weighted by Gasteiger charge is -1.95. The van der Waals surface area contributed by atoms with Gasteiger partial charge in [-0.1, -0.05) is 29.8 Å². The first-order valence-electron chi connectivity index (χ1n) is 5.85. The third kappa shape index (κ3) is 3.25. The number of aromatic nitrogens is 1. The predicted octanol–water partition coefficient (Wildman–Crippen LogP) is 4.97. The molecule has 0 unspecified atom stereocenters. The lowest BCUT2D eigenvalue weighted by Crippen LogP contribution is -1.89. The third-order valence-corrected chi connectivity index (χ3v) is 4.37. The summed E-state index contributed by atoms with van der Waals surface area (Å²) in [5, 5.41) is 9.69. The van der Waals surface area contributed by atoms with Crippen molar-refractivity contribution in [3.05, 3.63) is 57.7 Å². The maximum absolute atomic E-state index is 5.91. The quantitative estimate of drug-likeness (QED) is 0.544. The summed E-state index contributed by atoms with van der Waals surface area (Å²) in [6.07, 6.45) is 1.72. The van der Waals surface area contributed by atoms with Crippen LogP contribution < -0.4 is 5.43 Å². The zero-order chi connectivity index (χ0) is 13.8. The second-order valence-electron chi connectivity index (χ2n) is 3.94. The van der Waals surface area contributed by atoms with Crippen molar-refractivity contribution in [2.24, 2.45) is 5.10 Å². The number of thiazole rings is 1. The van der Waals surface area contributed by atoms with Gasteiger partial charge >= 0.3 is 0 Å². The van der Waals surface area contributed by atoms with Gasteiger partial charge in [0.1, 0.15) is 0 Å². The lowest BCUT2D eigenvalue weighted by molar-refractivity contribution is 1.29. The van der Waals surface area contributed by atoms with Crippen LogP contribution in [0, 0.1) is 0 Å². The van der Waals surface area contributed by atoms with Gasteiger partial charge < -0.3 is 0 Å². The van der Waals surface area contributed by atoms with Gasteiger partial charge in [0.15, 0.2) is 0 Å². The van der Waals surface area contributed by atoms with E-state index in [1.54, 1.807) is 17.6 Å². The Hall–Kier alpha value is -1.69. The molecule has 0 spiro atoms. The van der Waals surface area contributed by atoms with Gasteiger partial charge in [0.05, 0.1) is 16.8 Å². The van der Waals surface area contributed by atoms with E-state index in [4.69, 9.17) is 11.6 Å². The molecular weight excluding hydrogens is 310 g/mol. The fourth-order valence-corrected chi connectivity index (χ4v) is 3.23. The monoisotopic (exact) mass is 319 g/mol. The number of thiophene rings is 1. The molecule has 0 saturated heterocycles. The zero-order valence-electron chi connectivity index (χ0n) is 10.3. The second kappa shape index (κ2) is 6.17. The highest BCUT2D eigenvalue weighted by Crippen LogP contribution is 2.28. The van der Waals surface area contributed by atoms with Crippen molar-refractivity contribution in [1.29, 1.82) is 0 Å². The average molecular weight is 320 g/mol. The maximum Gasteiger partial charge on any atom is 0.203 e. The summed E-state index contributed by atoms with van der Waals surface area (Å²) in [6, 6.07) is 11.6. The van der Waals surface area contributed by atoms with Gasteiger partial charge in [-0.2, -0.15) is 5.10 Å². The minimum atomic E-state index is 0.697. The number of nitrogens with zero attached hydrogens (tertiary/aromatic N) is 2. The van der Waals surface area contributed by atoms with Gasteiger partial charge in [0, 0.05) is 10.4 Å². The van der Waals surface area contributed by atoms with Crippen LogP contribution in [-0.2, 0) is 0 Å². The molecule has 2 heterocycles. The Morgan fingerprint density at radius 1 is 1.20 bits per heavy atom. The fraction of sp³-hybridized carbons (Fsp3) is 0. The topological polar surface area (TPSA) is 37.3 Å². The Morgan fingerprint density at radius 3 is 2.95 bits per heavy atom. The molecule has 6 heteroatoms. The summed E-state index contributed by atoms with van der Waals surface area (Å²) in [4.78, 5) is 5.64. The van der Waals surface area contributed by atoms with Crippen LogP contribution in [0.4, 0.5) is 5.13 Å². The molecule has 0 bridgehead atoms. The van der Waals surface area contributed by atoms with Crippen LogP contribution in [0.2, 0.25) is 5.02 Å². The summed E-state index contributed by atoms with van der Waals surface area (Å²) in [5.41, 5.74) is 4.86. The van der Waals surface area contributed by atoms with Crippen molar-refractivity contribution in [2.45, 2.75) is 0 Å². The van der Waals surface area contributed by atoms with Crippen molar-refractivity contribution < 1.29 is 0 Å². The number of nitrogens with one attached hydrogen (secondary N) is 1. The van der Waals surface area contributed by atoms with E-state index in [9.17, 15) is 0 Å². The number of hydrogen-bond donors (Lipinski definition) is 1. The van der Waals surface area contributed by atoms with Crippen LogP contribution in [-0.4, -0.2) is 11.2 Å². The van der Waals surface area contributed by atoms with Crippen LogP contribution in [0.15, 0.2) is 52.3 Å². The number of hydrazone groups is 1. The molecule has 0 aliphatic carbocycles. The third-order valence-electron chi connectivity index (χ3n) is 2.50. The molecule has 1 aromatic carbocycles. The van der Waals surface area contributed by atoms with Crippen molar-refractivity contribution >= 4 is 45.6 Å². The van der Waals surface area contributed by atoms with Gasteiger partial charge in [-0.25, -0.2) is 4.98 Å². The number of halogens is 1. The van der Waals surface area contributed by atoms with Crippen molar-refractivity contribution in [3.8, 4) is 10.6 Å². The van der Waals surface area contributed by atoms with E-state index >= 15 is 0 Å². The molecule has 0 fully saturated rings. The summed E-state index contributed by atoms with van der Waals surface area (Å²) in [5.74, 6) is 0. The van der Waals surface area contributed by atoms with Crippen molar-refractivity contribution in [1.82, 2.24) is 4.98 Å². The molecule has 0 radical (unpaired) electrons. The van der Waals surface area contributed by atoms with Gasteiger partial charge in [-0.05, 0) is 29.1 Å². The van der Waals surface area contributed by atoms with Gasteiger partial charge in [0.25, 0.3) is 0 Å². The molecule has 0 aliphatic heterocycles. The average Bonchev–Trinajstić information content (AvgIpc) is 3.09. The predicted molar refractivity (Wildman–Crippen MR) is 88.1 cm³/mol. The Morgan fingerprint density at radius 2 is 2.15 bits per heavy atom. The first-order chi connectivity index (χ1) is 9.81. The highest BCUT2D eigenvalue weighted by molar-refractivity contribution is 7.15. The van der Waals surface area contributed by atoms with E-state index in [2.05, 4.69) is 21.6 Å². The summed E-state index contributed by atoms with van der Waals surface area (Å²) in [7, 11) is 0. The Bertz CT molecular complexity index is 720. The van der Waals surface area contributed by atoms with Crippen molar-refractivity contribution in [3.63, 3.8) is 0 Å². The SMILES string of the molecule is Clc1cccc(/C=N\Nc2nc(-c3cccs3)cs2)c1. The van der Waals surface area contributed by atoms with Crippen LogP contribution in [0.5, 0.6) is 0 Å². The first-order valence-corrected chi connectivity index (χ1v) is 7.99. The number of hydrogen-bond acceptors (Lipinski definition) is 5. The lowest BCUT2D eigenvalue weighted by atomic mass is 10.2. The number of rotatable bonds is 4. The van der Waals surface area contributed by atoms with E-state index in [1.165, 1.54) is 11.3 Å². The Balaban J connectivity index is 1.67. The molecule has 100 valence electrons. The van der Waals surface area contributed by atoms with Crippen LogP contribution in [0.25, 0.3) is 10.6 Å². The van der Waals surface area contributed by atoms with E-state index in [-0.39, 0.29) is 0 Å². The van der Waals surface area contributed by atoms with Gasteiger partial charge in [-0.15, -0.1) is 22.7 Å².